The number of hydrogen-bond acceptors (Lipinski definition) is 7. The van der Waals surface area contributed by atoms with E-state index in [0.29, 0.717) is 22.2 Å². The molecule has 3 heterocycles. The first-order valence-corrected chi connectivity index (χ1v) is 9.70. The van der Waals surface area contributed by atoms with E-state index in [-0.39, 0.29) is 17.5 Å². The number of ether oxygens (including phenoxy) is 1. The van der Waals surface area contributed by atoms with Gasteiger partial charge in [0.05, 0.1) is 11.2 Å². The number of nitrogens with one attached hydrogen (secondary N) is 1. The minimum absolute atomic E-state index is 0.151. The van der Waals surface area contributed by atoms with Crippen molar-refractivity contribution in [3.8, 4) is 22.9 Å². The maximum absolute atomic E-state index is 13.7. The van der Waals surface area contributed by atoms with Crippen molar-refractivity contribution in [1.29, 1.82) is 0 Å². The van der Waals surface area contributed by atoms with Gasteiger partial charge in [-0.05, 0) is 55.5 Å². The minimum Gasteiger partial charge on any atom is -0.482 e. The lowest BCUT2D eigenvalue weighted by Gasteiger charge is -2.20. The van der Waals surface area contributed by atoms with Crippen molar-refractivity contribution in [3.63, 3.8) is 0 Å². The van der Waals surface area contributed by atoms with Gasteiger partial charge >= 0.3 is 5.76 Å². The third kappa shape index (κ3) is 3.58. The van der Waals surface area contributed by atoms with Crippen LogP contribution in [0, 0.1) is 5.82 Å². The van der Waals surface area contributed by atoms with Gasteiger partial charge in [0.1, 0.15) is 11.9 Å². The SMILES string of the molecule is CC(Oc1cc2cc(F)ccc2nc1N)c1cc(-c2n[nH]c(=O)o2)ccc1-n1cccn1. The summed E-state index contributed by atoms with van der Waals surface area (Å²) >= 11 is 0. The fraction of sp³-hybridized carbons (Fsp3) is 0.0909. The first kappa shape index (κ1) is 19.5. The van der Waals surface area contributed by atoms with Crippen LogP contribution in [-0.4, -0.2) is 25.0 Å². The van der Waals surface area contributed by atoms with E-state index in [2.05, 4.69) is 20.3 Å². The van der Waals surface area contributed by atoms with E-state index in [1.807, 2.05) is 13.0 Å². The van der Waals surface area contributed by atoms with Crippen LogP contribution in [0.2, 0.25) is 0 Å². The van der Waals surface area contributed by atoms with Crippen LogP contribution in [0.25, 0.3) is 28.0 Å². The number of benzene rings is 2. The summed E-state index contributed by atoms with van der Waals surface area (Å²) in [6.45, 7) is 1.84. The minimum atomic E-state index is -0.649. The van der Waals surface area contributed by atoms with Crippen LogP contribution in [0.5, 0.6) is 5.75 Å². The van der Waals surface area contributed by atoms with Gasteiger partial charge in [0.25, 0.3) is 0 Å². The molecule has 0 fully saturated rings. The van der Waals surface area contributed by atoms with Crippen molar-refractivity contribution in [2.45, 2.75) is 13.0 Å². The molecule has 32 heavy (non-hydrogen) atoms. The molecule has 0 bridgehead atoms. The van der Waals surface area contributed by atoms with Crippen molar-refractivity contribution in [2.24, 2.45) is 0 Å². The molecule has 5 rings (SSSR count). The molecule has 0 saturated carbocycles. The molecule has 0 spiro atoms. The highest BCUT2D eigenvalue weighted by Crippen LogP contribution is 2.33. The Bertz CT molecular complexity index is 1480. The molecule has 1 atom stereocenters. The number of nitrogen functional groups attached to an aromatic ring is 1. The van der Waals surface area contributed by atoms with E-state index >= 15 is 0 Å². The normalized spacial score (nSPS) is 12.2. The lowest BCUT2D eigenvalue weighted by molar-refractivity contribution is 0.227. The number of aromatic amines is 1. The quantitative estimate of drug-likeness (QED) is 0.434. The molecule has 0 aliphatic rings. The predicted octanol–water partition coefficient (Wildman–Crippen LogP) is 3.63. The summed E-state index contributed by atoms with van der Waals surface area (Å²) in [7, 11) is 0. The van der Waals surface area contributed by atoms with E-state index < -0.39 is 11.9 Å². The van der Waals surface area contributed by atoms with Gasteiger partial charge in [-0.25, -0.2) is 23.9 Å². The Balaban J connectivity index is 1.57. The second kappa shape index (κ2) is 7.65. The highest BCUT2D eigenvalue weighted by molar-refractivity contribution is 5.82. The monoisotopic (exact) mass is 432 g/mol. The van der Waals surface area contributed by atoms with Crippen LogP contribution >= 0.6 is 0 Å². The molecule has 10 heteroatoms. The second-order valence-electron chi connectivity index (χ2n) is 7.11. The summed E-state index contributed by atoms with van der Waals surface area (Å²) in [5, 5.41) is 11.0. The Labute approximate surface area is 180 Å². The molecule has 5 aromatic rings. The number of rotatable bonds is 5. The number of fused-ring (bicyclic) bond motifs is 1. The van der Waals surface area contributed by atoms with Gasteiger partial charge in [0.15, 0.2) is 11.6 Å². The van der Waals surface area contributed by atoms with Gasteiger partial charge in [0, 0.05) is 28.9 Å². The molecular weight excluding hydrogens is 415 g/mol. The highest BCUT2D eigenvalue weighted by atomic mass is 19.1. The third-order valence-corrected chi connectivity index (χ3v) is 4.98. The smallest absolute Gasteiger partial charge is 0.434 e. The summed E-state index contributed by atoms with van der Waals surface area (Å²) < 4.78 is 26.6. The topological polar surface area (TPSA) is 125 Å². The first-order valence-electron chi connectivity index (χ1n) is 9.70. The van der Waals surface area contributed by atoms with Gasteiger partial charge in [0.2, 0.25) is 5.89 Å². The first-order chi connectivity index (χ1) is 15.5. The predicted molar refractivity (Wildman–Crippen MR) is 115 cm³/mol. The average molecular weight is 432 g/mol. The summed E-state index contributed by atoms with van der Waals surface area (Å²) in [5.41, 5.74) is 8.73. The number of H-pyrrole nitrogens is 1. The maximum Gasteiger partial charge on any atom is 0.434 e. The third-order valence-electron chi connectivity index (χ3n) is 4.98. The van der Waals surface area contributed by atoms with Gasteiger partial charge in [-0.2, -0.15) is 5.10 Å². The van der Waals surface area contributed by atoms with Crippen LogP contribution in [0.3, 0.4) is 0 Å². The molecule has 0 saturated heterocycles. The highest BCUT2D eigenvalue weighted by Gasteiger charge is 2.19. The molecule has 3 aromatic heterocycles. The molecule has 160 valence electrons. The molecule has 9 nitrogen and oxygen atoms in total. The summed E-state index contributed by atoms with van der Waals surface area (Å²) in [6.07, 6.45) is 2.94. The zero-order chi connectivity index (χ0) is 22.2. The van der Waals surface area contributed by atoms with E-state index in [0.717, 1.165) is 11.3 Å². The summed E-state index contributed by atoms with van der Waals surface area (Å²) in [6, 6.07) is 13.1. The van der Waals surface area contributed by atoms with E-state index in [1.54, 1.807) is 47.4 Å². The number of hydrogen-bond donors (Lipinski definition) is 2. The molecule has 0 amide bonds. The standard InChI is InChI=1S/C22H17FN6O3/c1-12(31-19-11-14-9-15(23)4-5-17(14)26-20(19)24)16-10-13(21-27-28-22(30)32-21)3-6-18(16)29-8-2-7-25-29/h2-12H,1H3,(H2,24,26)(H,28,30). The lowest BCUT2D eigenvalue weighted by atomic mass is 10.0. The average Bonchev–Trinajstić information content (AvgIpc) is 3.46. The molecule has 3 N–H and O–H groups in total. The fourth-order valence-electron chi connectivity index (χ4n) is 3.48. The van der Waals surface area contributed by atoms with E-state index in [1.165, 1.54) is 12.1 Å². The van der Waals surface area contributed by atoms with E-state index in [4.69, 9.17) is 14.9 Å². The zero-order valence-corrected chi connectivity index (χ0v) is 16.8. The van der Waals surface area contributed by atoms with Crippen LogP contribution in [0.1, 0.15) is 18.6 Å². The molecule has 0 radical (unpaired) electrons. The van der Waals surface area contributed by atoms with Crippen LogP contribution in [-0.2, 0) is 0 Å². The van der Waals surface area contributed by atoms with Crippen molar-refractivity contribution in [1.82, 2.24) is 25.0 Å². The van der Waals surface area contributed by atoms with Crippen LogP contribution < -0.4 is 16.2 Å². The lowest BCUT2D eigenvalue weighted by Crippen LogP contribution is -2.10. The van der Waals surface area contributed by atoms with Crippen molar-refractivity contribution < 1.29 is 13.5 Å². The van der Waals surface area contributed by atoms with Gasteiger partial charge in [-0.1, -0.05) is 0 Å². The van der Waals surface area contributed by atoms with Gasteiger partial charge < -0.3 is 14.9 Å². The van der Waals surface area contributed by atoms with Crippen molar-refractivity contribution >= 4 is 16.7 Å². The molecule has 1 unspecified atom stereocenters. The Hall–Kier alpha value is -4.47. The van der Waals surface area contributed by atoms with Crippen LogP contribution in [0.15, 0.2) is 70.1 Å². The van der Waals surface area contributed by atoms with Crippen LogP contribution in [0.4, 0.5) is 10.2 Å². The Kier molecular flexibility index (Phi) is 4.66. The largest absolute Gasteiger partial charge is 0.482 e. The van der Waals surface area contributed by atoms with E-state index in [9.17, 15) is 9.18 Å². The maximum atomic E-state index is 13.7. The van der Waals surface area contributed by atoms with Crippen molar-refractivity contribution in [2.75, 3.05) is 5.73 Å². The van der Waals surface area contributed by atoms with Crippen molar-refractivity contribution in [3.05, 3.63) is 82.9 Å². The molecule has 0 aliphatic heterocycles. The molecule has 0 aliphatic carbocycles. The molecule has 2 aromatic carbocycles. The number of halogens is 1. The zero-order valence-electron chi connectivity index (χ0n) is 16.8. The Morgan fingerprint density at radius 2 is 2.09 bits per heavy atom. The Morgan fingerprint density at radius 1 is 1.22 bits per heavy atom. The number of aromatic nitrogens is 5. The second-order valence-corrected chi connectivity index (χ2v) is 7.11. The summed E-state index contributed by atoms with van der Waals surface area (Å²) in [4.78, 5) is 15.7. The van der Waals surface area contributed by atoms with Gasteiger partial charge in [-0.15, -0.1) is 5.10 Å². The number of anilines is 1. The Morgan fingerprint density at radius 3 is 2.84 bits per heavy atom. The number of nitrogens with zero attached hydrogens (tertiary/aromatic N) is 4. The summed E-state index contributed by atoms with van der Waals surface area (Å²) in [5.74, 6) is -0.371. The fourth-order valence-corrected chi connectivity index (χ4v) is 3.48. The number of pyridine rings is 1. The molecular formula is C22H17FN6O3. The number of nitrogens with two attached hydrogens (primary N) is 1. The van der Waals surface area contributed by atoms with Gasteiger partial charge in [-0.3, -0.25) is 0 Å².